The highest BCUT2D eigenvalue weighted by Crippen LogP contribution is 2.29. The van der Waals surface area contributed by atoms with Gasteiger partial charge in [0.15, 0.2) is 0 Å². The Morgan fingerprint density at radius 1 is 1.10 bits per heavy atom. The average molecular weight is 281 g/mol. The molecule has 2 fully saturated rings. The van der Waals surface area contributed by atoms with Crippen molar-refractivity contribution in [2.75, 3.05) is 6.54 Å². The van der Waals surface area contributed by atoms with Crippen LogP contribution in [0.15, 0.2) is 0 Å². The number of nitrogens with one attached hydrogen (secondary N) is 1. The third-order valence-electron chi connectivity index (χ3n) is 5.18. The number of carbonyl (C=O) groups excluding carboxylic acids is 1. The molecule has 0 aromatic carbocycles. The van der Waals surface area contributed by atoms with Crippen molar-refractivity contribution in [3.8, 4) is 0 Å². The smallest absolute Gasteiger partial charge is 0.222 e. The first-order valence-electron chi connectivity index (χ1n) is 8.61. The summed E-state index contributed by atoms with van der Waals surface area (Å²) in [4.78, 5) is 12.2. The lowest BCUT2D eigenvalue weighted by molar-refractivity contribution is -0.125. The predicted octanol–water partition coefficient (Wildman–Crippen LogP) is 3.26. The van der Waals surface area contributed by atoms with E-state index in [4.69, 9.17) is 0 Å². The minimum atomic E-state index is -0.148. The fourth-order valence-corrected chi connectivity index (χ4v) is 3.90. The molecule has 2 aliphatic carbocycles. The molecule has 3 heteroatoms. The molecule has 0 spiro atoms. The van der Waals surface area contributed by atoms with Gasteiger partial charge in [0.1, 0.15) is 0 Å². The predicted molar refractivity (Wildman–Crippen MR) is 81.3 cm³/mol. The summed E-state index contributed by atoms with van der Waals surface area (Å²) in [5.74, 6) is 1.60. The van der Waals surface area contributed by atoms with Crippen molar-refractivity contribution in [3.05, 3.63) is 0 Å². The fraction of sp³-hybridized carbons (Fsp3) is 0.941. The third-order valence-corrected chi connectivity index (χ3v) is 5.18. The minimum Gasteiger partial charge on any atom is -0.393 e. The normalized spacial score (nSPS) is 29.9. The molecule has 0 aromatic heterocycles. The standard InChI is InChI=1S/C17H31NO2/c1-13(10-14-6-3-2-4-7-14)17(20)18-12-15-8-5-9-16(19)11-15/h13-16,19H,2-12H2,1H3,(H,18,20). The molecule has 3 unspecified atom stereocenters. The molecular weight excluding hydrogens is 250 g/mol. The number of aliphatic hydroxyl groups is 1. The molecule has 0 bridgehead atoms. The molecule has 3 atom stereocenters. The van der Waals surface area contributed by atoms with E-state index in [-0.39, 0.29) is 17.9 Å². The molecular formula is C17H31NO2. The molecule has 0 heterocycles. The van der Waals surface area contributed by atoms with Gasteiger partial charge in [-0.15, -0.1) is 0 Å². The van der Waals surface area contributed by atoms with Crippen LogP contribution in [-0.2, 0) is 4.79 Å². The Kier molecular flexibility index (Phi) is 6.34. The van der Waals surface area contributed by atoms with Gasteiger partial charge in [-0.2, -0.15) is 0 Å². The molecule has 1 amide bonds. The van der Waals surface area contributed by atoms with Crippen LogP contribution in [0.4, 0.5) is 0 Å². The summed E-state index contributed by atoms with van der Waals surface area (Å²) >= 11 is 0. The van der Waals surface area contributed by atoms with Crippen LogP contribution < -0.4 is 5.32 Å². The van der Waals surface area contributed by atoms with Gasteiger partial charge in [0.25, 0.3) is 0 Å². The Morgan fingerprint density at radius 3 is 2.50 bits per heavy atom. The molecule has 2 aliphatic rings. The summed E-state index contributed by atoms with van der Waals surface area (Å²) in [5, 5.41) is 12.8. The Hall–Kier alpha value is -0.570. The largest absolute Gasteiger partial charge is 0.393 e. The van der Waals surface area contributed by atoms with Crippen LogP contribution in [0.1, 0.15) is 71.1 Å². The van der Waals surface area contributed by atoms with Gasteiger partial charge >= 0.3 is 0 Å². The Labute approximate surface area is 123 Å². The second kappa shape index (κ2) is 8.02. The van der Waals surface area contributed by atoms with Gasteiger partial charge in [-0.3, -0.25) is 4.79 Å². The third kappa shape index (κ3) is 5.08. The quantitative estimate of drug-likeness (QED) is 0.812. The summed E-state index contributed by atoms with van der Waals surface area (Å²) in [7, 11) is 0. The lowest BCUT2D eigenvalue weighted by Gasteiger charge is -2.27. The van der Waals surface area contributed by atoms with Gasteiger partial charge in [0.05, 0.1) is 6.10 Å². The van der Waals surface area contributed by atoms with Gasteiger partial charge < -0.3 is 10.4 Å². The lowest BCUT2D eigenvalue weighted by atomic mass is 9.83. The van der Waals surface area contributed by atoms with E-state index in [1.54, 1.807) is 0 Å². The number of hydrogen-bond donors (Lipinski definition) is 2. The zero-order valence-electron chi connectivity index (χ0n) is 12.9. The van der Waals surface area contributed by atoms with Crippen LogP contribution >= 0.6 is 0 Å². The van der Waals surface area contributed by atoms with Crippen molar-refractivity contribution in [1.29, 1.82) is 0 Å². The Balaban J connectivity index is 1.65. The topological polar surface area (TPSA) is 49.3 Å². The fourth-order valence-electron chi connectivity index (χ4n) is 3.90. The first-order chi connectivity index (χ1) is 9.65. The Bertz CT molecular complexity index is 299. The molecule has 0 saturated heterocycles. The van der Waals surface area contributed by atoms with Crippen LogP contribution in [0, 0.1) is 17.8 Å². The van der Waals surface area contributed by atoms with E-state index in [2.05, 4.69) is 12.2 Å². The molecule has 2 N–H and O–H groups in total. The summed E-state index contributed by atoms with van der Waals surface area (Å²) < 4.78 is 0. The van der Waals surface area contributed by atoms with E-state index < -0.39 is 0 Å². The van der Waals surface area contributed by atoms with E-state index in [0.717, 1.165) is 44.6 Å². The molecule has 2 saturated carbocycles. The SMILES string of the molecule is CC(CC1CCCCC1)C(=O)NCC1CCCC(O)C1. The van der Waals surface area contributed by atoms with Crippen molar-refractivity contribution in [1.82, 2.24) is 5.32 Å². The Morgan fingerprint density at radius 2 is 1.80 bits per heavy atom. The summed E-state index contributed by atoms with van der Waals surface area (Å²) in [6, 6.07) is 0. The maximum Gasteiger partial charge on any atom is 0.222 e. The van der Waals surface area contributed by atoms with Crippen molar-refractivity contribution >= 4 is 5.91 Å². The van der Waals surface area contributed by atoms with Crippen LogP contribution in [0.25, 0.3) is 0 Å². The first-order valence-corrected chi connectivity index (χ1v) is 8.61. The average Bonchev–Trinajstić information content (AvgIpc) is 2.46. The van der Waals surface area contributed by atoms with Crippen molar-refractivity contribution < 1.29 is 9.90 Å². The second-order valence-corrected chi connectivity index (χ2v) is 7.07. The maximum absolute atomic E-state index is 12.2. The molecule has 116 valence electrons. The summed E-state index contributed by atoms with van der Waals surface area (Å²) in [6.45, 7) is 2.82. The number of amides is 1. The van der Waals surface area contributed by atoms with Crippen LogP contribution in [0.3, 0.4) is 0 Å². The van der Waals surface area contributed by atoms with E-state index in [9.17, 15) is 9.90 Å². The summed E-state index contributed by atoms with van der Waals surface area (Å²) in [6.07, 6.45) is 11.6. The van der Waals surface area contributed by atoms with E-state index in [0.29, 0.717) is 5.92 Å². The molecule has 0 aliphatic heterocycles. The van der Waals surface area contributed by atoms with Crippen molar-refractivity contribution in [2.45, 2.75) is 77.2 Å². The number of rotatable bonds is 5. The van der Waals surface area contributed by atoms with Gasteiger partial charge in [-0.05, 0) is 37.5 Å². The molecule has 3 nitrogen and oxygen atoms in total. The first kappa shape index (κ1) is 15.8. The molecule has 0 radical (unpaired) electrons. The van der Waals surface area contributed by atoms with E-state index in [1.807, 2.05) is 0 Å². The zero-order valence-corrected chi connectivity index (χ0v) is 12.9. The van der Waals surface area contributed by atoms with Crippen LogP contribution in [-0.4, -0.2) is 23.7 Å². The number of carbonyl (C=O) groups is 1. The molecule has 0 aromatic rings. The second-order valence-electron chi connectivity index (χ2n) is 7.07. The van der Waals surface area contributed by atoms with Gasteiger partial charge in [-0.25, -0.2) is 0 Å². The van der Waals surface area contributed by atoms with Crippen LogP contribution in [0.2, 0.25) is 0 Å². The van der Waals surface area contributed by atoms with E-state index >= 15 is 0 Å². The monoisotopic (exact) mass is 281 g/mol. The van der Waals surface area contributed by atoms with Gasteiger partial charge in [0, 0.05) is 12.5 Å². The van der Waals surface area contributed by atoms with Crippen molar-refractivity contribution in [3.63, 3.8) is 0 Å². The number of aliphatic hydroxyl groups excluding tert-OH is 1. The molecule has 2 rings (SSSR count). The van der Waals surface area contributed by atoms with Crippen LogP contribution in [0.5, 0.6) is 0 Å². The van der Waals surface area contributed by atoms with Crippen molar-refractivity contribution in [2.24, 2.45) is 17.8 Å². The highest BCUT2D eigenvalue weighted by atomic mass is 16.3. The highest BCUT2D eigenvalue weighted by Gasteiger charge is 2.23. The van der Waals surface area contributed by atoms with Gasteiger partial charge in [-0.1, -0.05) is 45.4 Å². The summed E-state index contributed by atoms with van der Waals surface area (Å²) in [5.41, 5.74) is 0. The number of hydrogen-bond acceptors (Lipinski definition) is 2. The zero-order chi connectivity index (χ0) is 14.4. The van der Waals surface area contributed by atoms with Gasteiger partial charge in [0.2, 0.25) is 5.91 Å². The molecule has 20 heavy (non-hydrogen) atoms. The highest BCUT2D eigenvalue weighted by molar-refractivity contribution is 5.78. The minimum absolute atomic E-state index is 0.145. The van der Waals surface area contributed by atoms with E-state index in [1.165, 1.54) is 32.1 Å². The maximum atomic E-state index is 12.2. The lowest BCUT2D eigenvalue weighted by Crippen LogP contribution is -2.36.